The van der Waals surface area contributed by atoms with Gasteiger partial charge in [0.1, 0.15) is 11.8 Å². The maximum absolute atomic E-state index is 12.8. The fraction of sp³-hybridized carbons (Fsp3) is 0.350. The molecule has 1 N–H and O–H groups in total. The molecule has 0 spiro atoms. The summed E-state index contributed by atoms with van der Waals surface area (Å²) >= 11 is 0. The van der Waals surface area contributed by atoms with Crippen molar-refractivity contribution >= 4 is 27.3 Å². The number of hydrogen-bond donors (Lipinski definition) is 1. The molecular weight excluding hydrogens is 364 g/mol. The first-order valence-corrected chi connectivity index (χ1v) is 10.4. The van der Waals surface area contributed by atoms with Crippen LogP contribution in [0.25, 0.3) is 0 Å². The highest BCUT2D eigenvalue weighted by Crippen LogP contribution is 2.27. The van der Waals surface area contributed by atoms with Crippen molar-refractivity contribution in [1.29, 1.82) is 0 Å². The van der Waals surface area contributed by atoms with Crippen molar-refractivity contribution in [2.45, 2.75) is 33.7 Å². The van der Waals surface area contributed by atoms with Crippen molar-refractivity contribution in [2.75, 3.05) is 23.0 Å². The van der Waals surface area contributed by atoms with E-state index in [1.165, 1.54) is 7.11 Å². The minimum absolute atomic E-state index is 0.442. The molecule has 146 valence electrons. The van der Waals surface area contributed by atoms with E-state index >= 15 is 0 Å². The monoisotopic (exact) mass is 390 g/mol. The van der Waals surface area contributed by atoms with Crippen molar-refractivity contribution in [3.05, 3.63) is 53.1 Å². The molecule has 0 saturated heterocycles. The highest BCUT2D eigenvalue weighted by molar-refractivity contribution is 7.92. The average molecular weight is 391 g/mol. The summed E-state index contributed by atoms with van der Waals surface area (Å²) in [5.41, 5.74) is 3.91. The topological polar surface area (TPSA) is 75.7 Å². The summed E-state index contributed by atoms with van der Waals surface area (Å²) in [6.45, 7) is 7.32. The van der Waals surface area contributed by atoms with Crippen LogP contribution in [0.3, 0.4) is 0 Å². The molecule has 0 radical (unpaired) electrons. The van der Waals surface area contributed by atoms with Crippen LogP contribution < -0.4 is 14.4 Å². The summed E-state index contributed by atoms with van der Waals surface area (Å²) in [6.07, 6.45) is 1.10. The summed E-state index contributed by atoms with van der Waals surface area (Å²) < 4.78 is 31.3. The molecule has 27 heavy (non-hydrogen) atoms. The average Bonchev–Trinajstić information content (AvgIpc) is 2.57. The Hall–Kier alpha value is -2.54. The molecule has 0 aliphatic carbocycles. The molecule has 7 heteroatoms. The van der Waals surface area contributed by atoms with E-state index < -0.39 is 22.0 Å². The summed E-state index contributed by atoms with van der Waals surface area (Å²) in [7, 11) is -2.15. The molecule has 1 amide bonds. The Balaban J connectivity index is 2.38. The first-order chi connectivity index (χ1) is 12.5. The zero-order valence-corrected chi connectivity index (χ0v) is 17.3. The van der Waals surface area contributed by atoms with Gasteiger partial charge < -0.3 is 10.1 Å². The van der Waals surface area contributed by atoms with E-state index in [0.717, 1.165) is 27.3 Å². The Bertz CT molecular complexity index is 954. The molecule has 0 fully saturated rings. The second-order valence-electron chi connectivity index (χ2n) is 6.70. The van der Waals surface area contributed by atoms with Gasteiger partial charge in [-0.05, 0) is 68.7 Å². The van der Waals surface area contributed by atoms with Crippen molar-refractivity contribution in [3.63, 3.8) is 0 Å². The number of nitrogens with one attached hydrogen (secondary N) is 1. The molecule has 0 unspecified atom stereocenters. The zero-order chi connectivity index (χ0) is 20.4. The van der Waals surface area contributed by atoms with Crippen LogP contribution in [0, 0.1) is 20.8 Å². The Morgan fingerprint density at radius 1 is 1.07 bits per heavy atom. The van der Waals surface area contributed by atoms with Crippen LogP contribution in [0.5, 0.6) is 5.75 Å². The van der Waals surface area contributed by atoms with Gasteiger partial charge in [0.2, 0.25) is 15.9 Å². The number of nitrogens with zero attached hydrogens (tertiary/aromatic N) is 1. The third-order valence-electron chi connectivity index (χ3n) is 4.45. The van der Waals surface area contributed by atoms with Crippen LogP contribution in [0.15, 0.2) is 36.4 Å². The van der Waals surface area contributed by atoms with Crippen molar-refractivity contribution < 1.29 is 17.9 Å². The van der Waals surface area contributed by atoms with Crippen LogP contribution in [-0.2, 0) is 14.8 Å². The van der Waals surface area contributed by atoms with Gasteiger partial charge in [0.25, 0.3) is 0 Å². The fourth-order valence-corrected chi connectivity index (χ4v) is 3.99. The molecule has 0 aliphatic heterocycles. The van der Waals surface area contributed by atoms with Crippen LogP contribution in [0.2, 0.25) is 0 Å². The summed E-state index contributed by atoms with van der Waals surface area (Å²) in [6, 6.07) is 9.80. The van der Waals surface area contributed by atoms with Crippen LogP contribution >= 0.6 is 0 Å². The number of aryl methyl sites for hydroxylation is 3. The Morgan fingerprint density at radius 3 is 2.30 bits per heavy atom. The number of carbonyl (C=O) groups excluding carboxylic acids is 1. The minimum atomic E-state index is -3.67. The predicted octanol–water partition coefficient (Wildman–Crippen LogP) is 3.41. The highest BCUT2D eigenvalue weighted by atomic mass is 32.2. The smallest absolute Gasteiger partial charge is 0.248 e. The number of carbonyl (C=O) groups is 1. The molecular formula is C20H26N2O4S. The number of anilines is 2. The van der Waals surface area contributed by atoms with Gasteiger partial charge in [0.15, 0.2) is 0 Å². The molecule has 0 saturated carbocycles. The number of methoxy groups -OCH3 is 1. The SMILES string of the molecule is COc1ccc(C)cc1NC(=O)[C@@H](C)N(c1ccc(C)c(C)c1)S(C)(=O)=O. The zero-order valence-electron chi connectivity index (χ0n) is 16.5. The maximum Gasteiger partial charge on any atom is 0.248 e. The van der Waals surface area contributed by atoms with E-state index in [0.29, 0.717) is 17.1 Å². The molecule has 2 rings (SSSR count). The van der Waals surface area contributed by atoms with Crippen LogP contribution in [0.4, 0.5) is 11.4 Å². The maximum atomic E-state index is 12.8. The summed E-state index contributed by atoms with van der Waals surface area (Å²) in [5.74, 6) is 0.0702. The molecule has 0 heterocycles. The normalized spacial score (nSPS) is 12.4. The number of hydrogen-bond acceptors (Lipinski definition) is 4. The molecule has 2 aromatic rings. The van der Waals surface area contributed by atoms with Crippen molar-refractivity contribution in [1.82, 2.24) is 0 Å². The molecule has 1 atom stereocenters. The van der Waals surface area contributed by atoms with E-state index in [2.05, 4.69) is 5.32 Å². The van der Waals surface area contributed by atoms with Gasteiger partial charge in [-0.15, -0.1) is 0 Å². The molecule has 0 aliphatic rings. The standard InChI is InChI=1S/C20H26N2O4S/c1-13-7-10-19(26-5)18(11-13)21-20(23)16(4)22(27(6,24)25)17-9-8-14(2)15(3)12-17/h7-12,16H,1-6H3,(H,21,23)/t16-/m1/s1. The van der Waals surface area contributed by atoms with E-state index in [9.17, 15) is 13.2 Å². The van der Waals surface area contributed by atoms with Gasteiger partial charge in [-0.25, -0.2) is 8.42 Å². The minimum Gasteiger partial charge on any atom is -0.495 e. The number of ether oxygens (including phenoxy) is 1. The van der Waals surface area contributed by atoms with Gasteiger partial charge in [-0.2, -0.15) is 0 Å². The first-order valence-electron chi connectivity index (χ1n) is 8.56. The first kappa shape index (κ1) is 20.8. The van der Waals surface area contributed by atoms with Gasteiger partial charge in [-0.3, -0.25) is 9.10 Å². The van der Waals surface area contributed by atoms with Gasteiger partial charge >= 0.3 is 0 Å². The Kier molecular flexibility index (Phi) is 6.15. The van der Waals surface area contributed by atoms with Crippen LogP contribution in [0.1, 0.15) is 23.6 Å². The highest BCUT2D eigenvalue weighted by Gasteiger charge is 2.29. The summed E-state index contributed by atoms with van der Waals surface area (Å²) in [5, 5.41) is 2.78. The number of benzene rings is 2. The fourth-order valence-electron chi connectivity index (χ4n) is 2.83. The van der Waals surface area contributed by atoms with Crippen molar-refractivity contribution in [3.8, 4) is 5.75 Å². The third-order valence-corrected chi connectivity index (χ3v) is 5.69. The molecule has 6 nitrogen and oxygen atoms in total. The third kappa shape index (κ3) is 4.80. The lowest BCUT2D eigenvalue weighted by Gasteiger charge is -2.29. The largest absolute Gasteiger partial charge is 0.495 e. The molecule has 0 aromatic heterocycles. The van der Waals surface area contributed by atoms with Crippen molar-refractivity contribution in [2.24, 2.45) is 0 Å². The van der Waals surface area contributed by atoms with E-state index in [-0.39, 0.29) is 0 Å². The van der Waals surface area contributed by atoms with Gasteiger partial charge in [0.05, 0.1) is 24.7 Å². The quantitative estimate of drug-likeness (QED) is 0.820. The number of sulfonamides is 1. The summed E-state index contributed by atoms with van der Waals surface area (Å²) in [4.78, 5) is 12.8. The van der Waals surface area contributed by atoms with Gasteiger partial charge in [0, 0.05) is 0 Å². The van der Waals surface area contributed by atoms with E-state index in [4.69, 9.17) is 4.74 Å². The molecule has 2 aromatic carbocycles. The molecule has 0 bridgehead atoms. The second-order valence-corrected chi connectivity index (χ2v) is 8.56. The lowest BCUT2D eigenvalue weighted by molar-refractivity contribution is -0.116. The Labute approximate surface area is 161 Å². The second kappa shape index (κ2) is 8.00. The Morgan fingerprint density at radius 2 is 1.74 bits per heavy atom. The lowest BCUT2D eigenvalue weighted by atomic mass is 10.1. The van der Waals surface area contributed by atoms with Gasteiger partial charge in [-0.1, -0.05) is 12.1 Å². The van der Waals surface area contributed by atoms with Crippen LogP contribution in [-0.4, -0.2) is 33.7 Å². The lowest BCUT2D eigenvalue weighted by Crippen LogP contribution is -2.45. The predicted molar refractivity (Wildman–Crippen MR) is 109 cm³/mol. The number of rotatable bonds is 6. The van der Waals surface area contributed by atoms with E-state index in [1.807, 2.05) is 32.9 Å². The van der Waals surface area contributed by atoms with E-state index in [1.54, 1.807) is 31.2 Å². The number of amides is 1.